The maximum Gasteiger partial charge on any atom is 0.230 e. The van der Waals surface area contributed by atoms with E-state index >= 15 is 0 Å². The van der Waals surface area contributed by atoms with Crippen molar-refractivity contribution in [2.45, 2.75) is 32.2 Å². The molecule has 1 N–H and O–H groups in total. The minimum absolute atomic E-state index is 0.0696. The molecule has 0 spiro atoms. The number of nitrogens with one attached hydrogen (secondary N) is 1. The van der Waals surface area contributed by atoms with Crippen LogP contribution in [0.3, 0.4) is 0 Å². The lowest BCUT2D eigenvalue weighted by Crippen LogP contribution is -2.41. The number of thiazole rings is 1. The van der Waals surface area contributed by atoms with Gasteiger partial charge >= 0.3 is 0 Å². The van der Waals surface area contributed by atoms with Crippen LogP contribution in [0.1, 0.15) is 37.4 Å². The first-order valence-corrected chi connectivity index (χ1v) is 10.4. The number of benzene rings is 1. The molecule has 150 valence electrons. The van der Waals surface area contributed by atoms with Gasteiger partial charge in [-0.25, -0.2) is 4.98 Å². The third-order valence-corrected chi connectivity index (χ3v) is 6.06. The quantitative estimate of drug-likeness (QED) is 0.686. The number of carbonyl (C=O) groups excluding carboxylic acids is 1. The molecule has 1 atom stereocenters. The van der Waals surface area contributed by atoms with Crippen LogP contribution < -0.4 is 14.8 Å². The van der Waals surface area contributed by atoms with Gasteiger partial charge in [0.1, 0.15) is 18.2 Å². The zero-order valence-corrected chi connectivity index (χ0v) is 17.5. The molecule has 0 bridgehead atoms. The number of fused-ring (bicyclic) bond motifs is 1. The Morgan fingerprint density at radius 1 is 1.21 bits per heavy atom. The zero-order valence-electron chi connectivity index (χ0n) is 16.6. The van der Waals surface area contributed by atoms with Gasteiger partial charge < -0.3 is 14.8 Å². The summed E-state index contributed by atoms with van der Waals surface area (Å²) >= 11 is 1.53. The lowest BCUT2D eigenvalue weighted by molar-refractivity contribution is -0.126. The van der Waals surface area contributed by atoms with Gasteiger partial charge in [-0.2, -0.15) is 0 Å². The molecule has 1 unspecified atom stereocenters. The molecule has 6 nitrogen and oxygen atoms in total. The highest BCUT2D eigenvalue weighted by Crippen LogP contribution is 2.35. The summed E-state index contributed by atoms with van der Waals surface area (Å²) < 4.78 is 11.2. The SMILES string of the molecule is CC(NC(=O)C(C)(C)c1ccc2c(c1)OCCO2)c1nc(-c2cccnc2)cs1. The normalized spacial score (nSPS) is 14.3. The monoisotopic (exact) mass is 409 g/mol. The first-order valence-electron chi connectivity index (χ1n) is 9.52. The van der Waals surface area contributed by atoms with E-state index in [4.69, 9.17) is 9.47 Å². The van der Waals surface area contributed by atoms with E-state index < -0.39 is 5.41 Å². The highest BCUT2D eigenvalue weighted by molar-refractivity contribution is 7.10. The van der Waals surface area contributed by atoms with Gasteiger partial charge in [-0.15, -0.1) is 11.3 Å². The van der Waals surface area contributed by atoms with Gasteiger partial charge in [-0.3, -0.25) is 9.78 Å². The van der Waals surface area contributed by atoms with Crippen LogP contribution in [0.15, 0.2) is 48.1 Å². The topological polar surface area (TPSA) is 73.3 Å². The summed E-state index contributed by atoms with van der Waals surface area (Å²) in [6, 6.07) is 9.33. The van der Waals surface area contributed by atoms with Crippen molar-refractivity contribution < 1.29 is 14.3 Å². The molecule has 3 aromatic rings. The predicted octanol–water partition coefficient (Wildman–Crippen LogP) is 4.13. The summed E-state index contributed by atoms with van der Waals surface area (Å²) in [5.41, 5.74) is 1.98. The van der Waals surface area contributed by atoms with Crippen LogP contribution in [0, 0.1) is 0 Å². The second-order valence-corrected chi connectivity index (χ2v) is 8.38. The summed E-state index contributed by atoms with van der Waals surface area (Å²) in [5, 5.41) is 5.94. The first kappa shape index (κ1) is 19.4. The number of pyridine rings is 1. The molecule has 2 aromatic heterocycles. The molecule has 4 rings (SSSR count). The fourth-order valence-electron chi connectivity index (χ4n) is 3.14. The summed E-state index contributed by atoms with van der Waals surface area (Å²) in [6.45, 7) is 6.82. The second-order valence-electron chi connectivity index (χ2n) is 7.49. The fraction of sp³-hybridized carbons (Fsp3) is 0.318. The molecule has 0 saturated carbocycles. The van der Waals surface area contributed by atoms with E-state index in [1.165, 1.54) is 11.3 Å². The Labute approximate surface area is 173 Å². The lowest BCUT2D eigenvalue weighted by Gasteiger charge is -2.27. The van der Waals surface area contributed by atoms with Crippen molar-refractivity contribution in [2.75, 3.05) is 13.2 Å². The van der Waals surface area contributed by atoms with E-state index in [2.05, 4.69) is 15.3 Å². The number of rotatable bonds is 5. The van der Waals surface area contributed by atoms with Gasteiger partial charge in [0.2, 0.25) is 5.91 Å². The Hall–Kier alpha value is -2.93. The molecule has 1 amide bonds. The second kappa shape index (κ2) is 7.83. The Morgan fingerprint density at radius 3 is 2.76 bits per heavy atom. The van der Waals surface area contributed by atoms with Crippen molar-refractivity contribution in [1.29, 1.82) is 0 Å². The number of nitrogens with zero attached hydrogens (tertiary/aromatic N) is 2. The molecule has 1 aliphatic rings. The van der Waals surface area contributed by atoms with Gasteiger partial charge in [0, 0.05) is 23.3 Å². The predicted molar refractivity (Wildman–Crippen MR) is 112 cm³/mol. The number of hydrogen-bond donors (Lipinski definition) is 1. The maximum atomic E-state index is 13.1. The van der Waals surface area contributed by atoms with Crippen LogP contribution in [-0.2, 0) is 10.2 Å². The van der Waals surface area contributed by atoms with Crippen molar-refractivity contribution in [2.24, 2.45) is 0 Å². The van der Waals surface area contributed by atoms with Crippen molar-refractivity contribution >= 4 is 17.2 Å². The smallest absolute Gasteiger partial charge is 0.230 e. The number of amides is 1. The van der Waals surface area contributed by atoms with Gasteiger partial charge in [-0.05, 0) is 50.6 Å². The van der Waals surface area contributed by atoms with Crippen molar-refractivity contribution in [1.82, 2.24) is 15.3 Å². The molecule has 0 fully saturated rings. The number of hydrogen-bond acceptors (Lipinski definition) is 6. The summed E-state index contributed by atoms with van der Waals surface area (Å²) in [5.74, 6) is 1.33. The van der Waals surface area contributed by atoms with E-state index in [1.54, 1.807) is 12.4 Å². The van der Waals surface area contributed by atoms with Crippen LogP contribution in [0.5, 0.6) is 11.5 Å². The van der Waals surface area contributed by atoms with Crippen LogP contribution in [-0.4, -0.2) is 29.1 Å². The summed E-state index contributed by atoms with van der Waals surface area (Å²) in [7, 11) is 0. The molecule has 3 heterocycles. The molecular weight excluding hydrogens is 386 g/mol. The largest absolute Gasteiger partial charge is 0.486 e. The minimum atomic E-state index is -0.729. The molecule has 0 saturated heterocycles. The number of ether oxygens (including phenoxy) is 2. The lowest BCUT2D eigenvalue weighted by atomic mass is 9.83. The summed E-state index contributed by atoms with van der Waals surface area (Å²) in [6.07, 6.45) is 3.52. The van der Waals surface area contributed by atoms with Gasteiger partial charge in [0.05, 0.1) is 17.2 Å². The standard InChI is InChI=1S/C22H23N3O3S/c1-14(20-25-17(13-29-20)15-5-4-8-23-12-15)24-21(26)22(2,3)16-6-7-18-19(11-16)28-10-9-27-18/h4-8,11-14H,9-10H2,1-3H3,(H,24,26). The Kier molecular flexibility index (Phi) is 5.24. The van der Waals surface area contributed by atoms with E-state index in [9.17, 15) is 4.79 Å². The van der Waals surface area contributed by atoms with E-state index in [1.807, 2.05) is 56.5 Å². The van der Waals surface area contributed by atoms with E-state index in [-0.39, 0.29) is 11.9 Å². The van der Waals surface area contributed by atoms with Crippen LogP contribution in [0.2, 0.25) is 0 Å². The van der Waals surface area contributed by atoms with Crippen LogP contribution in [0.25, 0.3) is 11.3 Å². The third-order valence-electron chi connectivity index (χ3n) is 5.03. The maximum absolute atomic E-state index is 13.1. The third kappa shape index (κ3) is 3.96. The Bertz CT molecular complexity index is 1020. The average molecular weight is 410 g/mol. The molecule has 1 aromatic carbocycles. The Balaban J connectivity index is 1.49. The number of aromatic nitrogens is 2. The fourth-order valence-corrected chi connectivity index (χ4v) is 3.97. The average Bonchev–Trinajstić information content (AvgIpc) is 3.24. The molecule has 7 heteroatoms. The van der Waals surface area contributed by atoms with Gasteiger partial charge in [0.25, 0.3) is 0 Å². The molecule has 0 radical (unpaired) electrons. The first-order chi connectivity index (χ1) is 13.9. The Morgan fingerprint density at radius 2 is 2.00 bits per heavy atom. The minimum Gasteiger partial charge on any atom is -0.486 e. The van der Waals surface area contributed by atoms with Crippen LogP contribution in [0.4, 0.5) is 0 Å². The number of carbonyl (C=O) groups is 1. The molecule has 1 aliphatic heterocycles. The van der Waals surface area contributed by atoms with E-state index in [0.717, 1.165) is 27.6 Å². The van der Waals surface area contributed by atoms with Crippen molar-refractivity contribution in [3.05, 3.63) is 58.7 Å². The molecule has 29 heavy (non-hydrogen) atoms. The molecule has 0 aliphatic carbocycles. The van der Waals surface area contributed by atoms with Crippen molar-refractivity contribution in [3.8, 4) is 22.8 Å². The summed E-state index contributed by atoms with van der Waals surface area (Å²) in [4.78, 5) is 21.9. The molecular formula is C22H23N3O3S. The van der Waals surface area contributed by atoms with Crippen LogP contribution >= 0.6 is 11.3 Å². The zero-order chi connectivity index (χ0) is 20.4. The van der Waals surface area contributed by atoms with Gasteiger partial charge in [-0.1, -0.05) is 6.07 Å². The highest BCUT2D eigenvalue weighted by Gasteiger charge is 2.32. The van der Waals surface area contributed by atoms with Crippen molar-refractivity contribution in [3.63, 3.8) is 0 Å². The van der Waals surface area contributed by atoms with E-state index in [0.29, 0.717) is 19.0 Å². The highest BCUT2D eigenvalue weighted by atomic mass is 32.1. The van der Waals surface area contributed by atoms with Gasteiger partial charge in [0.15, 0.2) is 11.5 Å².